The SMILES string of the molecule is CCc1[nH]c2nc(Sc3cnc4c(N)nc(CN5CCCCC5)nc4c3)nc(N3CC[C@@H](N)C3)c2c1Cl. The number of piperidine rings is 1. The van der Waals surface area contributed by atoms with Gasteiger partial charge in [-0.1, -0.05) is 24.9 Å². The molecule has 2 saturated heterocycles. The minimum atomic E-state index is 0.124. The maximum atomic E-state index is 6.74. The van der Waals surface area contributed by atoms with Crippen LogP contribution in [0.2, 0.25) is 5.02 Å². The molecule has 2 aliphatic rings. The molecule has 10 nitrogen and oxygen atoms in total. The Bertz CT molecular complexity index is 1450. The number of hydrogen-bond acceptors (Lipinski definition) is 10. The number of halogens is 1. The number of rotatable bonds is 6. The third-order valence-electron chi connectivity index (χ3n) is 7.11. The van der Waals surface area contributed by atoms with Crippen molar-refractivity contribution in [2.24, 2.45) is 5.73 Å². The molecular formula is C25H31ClN10S. The molecule has 6 rings (SSSR count). The fraction of sp³-hybridized carbons (Fsp3) is 0.480. The van der Waals surface area contributed by atoms with Gasteiger partial charge in [-0.25, -0.2) is 24.9 Å². The van der Waals surface area contributed by atoms with Crippen molar-refractivity contribution in [1.82, 2.24) is 34.8 Å². The summed E-state index contributed by atoms with van der Waals surface area (Å²) in [5, 5.41) is 2.15. The van der Waals surface area contributed by atoms with E-state index in [-0.39, 0.29) is 6.04 Å². The topological polar surface area (TPSA) is 139 Å². The maximum Gasteiger partial charge on any atom is 0.196 e. The molecule has 1 atom stereocenters. The molecule has 2 fully saturated rings. The van der Waals surface area contributed by atoms with Gasteiger partial charge in [0.2, 0.25) is 0 Å². The molecular weight excluding hydrogens is 508 g/mol. The fourth-order valence-corrected chi connectivity index (χ4v) is 6.30. The average molecular weight is 539 g/mol. The minimum Gasteiger partial charge on any atom is -0.382 e. The number of fused-ring (bicyclic) bond motifs is 2. The van der Waals surface area contributed by atoms with E-state index >= 15 is 0 Å². The zero-order valence-electron chi connectivity index (χ0n) is 20.9. The van der Waals surface area contributed by atoms with Gasteiger partial charge in [0, 0.05) is 35.9 Å². The highest BCUT2D eigenvalue weighted by atomic mass is 35.5. The van der Waals surface area contributed by atoms with Gasteiger partial charge in [0.25, 0.3) is 0 Å². The average Bonchev–Trinajstić information content (AvgIpc) is 3.46. The summed E-state index contributed by atoms with van der Waals surface area (Å²) in [7, 11) is 0. The van der Waals surface area contributed by atoms with E-state index in [2.05, 4.69) is 31.7 Å². The zero-order chi connectivity index (χ0) is 25.5. The van der Waals surface area contributed by atoms with Crippen molar-refractivity contribution in [3.63, 3.8) is 0 Å². The van der Waals surface area contributed by atoms with Crippen LogP contribution < -0.4 is 16.4 Å². The second-order valence-corrected chi connectivity index (χ2v) is 11.2. The lowest BCUT2D eigenvalue weighted by Crippen LogP contribution is -2.30. The number of nitrogen functional groups attached to an aromatic ring is 1. The third-order valence-corrected chi connectivity index (χ3v) is 8.35. The molecule has 0 radical (unpaired) electrons. The van der Waals surface area contributed by atoms with Crippen molar-refractivity contribution in [3.05, 3.63) is 28.8 Å². The van der Waals surface area contributed by atoms with Crippen molar-refractivity contribution in [2.75, 3.05) is 36.8 Å². The first-order chi connectivity index (χ1) is 18.0. The predicted molar refractivity (Wildman–Crippen MR) is 148 cm³/mol. The fourth-order valence-electron chi connectivity index (χ4n) is 5.19. The largest absolute Gasteiger partial charge is 0.382 e. The van der Waals surface area contributed by atoms with E-state index in [1.165, 1.54) is 31.0 Å². The Morgan fingerprint density at radius 3 is 2.73 bits per heavy atom. The molecule has 2 aliphatic heterocycles. The number of aryl methyl sites for hydroxylation is 1. The monoisotopic (exact) mass is 538 g/mol. The van der Waals surface area contributed by atoms with Gasteiger partial charge in [-0.3, -0.25) is 4.90 Å². The summed E-state index contributed by atoms with van der Waals surface area (Å²) in [4.78, 5) is 32.5. The van der Waals surface area contributed by atoms with Gasteiger partial charge in [-0.2, -0.15) is 0 Å². The van der Waals surface area contributed by atoms with E-state index in [9.17, 15) is 0 Å². The quantitative estimate of drug-likeness (QED) is 0.311. The van der Waals surface area contributed by atoms with Crippen LogP contribution in [0.4, 0.5) is 11.6 Å². The van der Waals surface area contributed by atoms with E-state index in [1.54, 1.807) is 6.20 Å². The van der Waals surface area contributed by atoms with Crippen LogP contribution in [0.5, 0.6) is 0 Å². The number of aromatic amines is 1. The molecule has 0 saturated carbocycles. The van der Waals surface area contributed by atoms with Crippen LogP contribution in [-0.4, -0.2) is 67.0 Å². The van der Waals surface area contributed by atoms with E-state index in [1.807, 2.05) is 6.07 Å². The minimum absolute atomic E-state index is 0.124. The Hall–Kier alpha value is -2.73. The Morgan fingerprint density at radius 1 is 1.14 bits per heavy atom. The highest BCUT2D eigenvalue weighted by Crippen LogP contribution is 2.37. The number of hydrogen-bond donors (Lipinski definition) is 3. The van der Waals surface area contributed by atoms with Crippen molar-refractivity contribution < 1.29 is 0 Å². The smallest absolute Gasteiger partial charge is 0.196 e. The summed E-state index contributed by atoms with van der Waals surface area (Å²) in [6.07, 6.45) is 7.20. The van der Waals surface area contributed by atoms with Gasteiger partial charge in [-0.05, 0) is 56.6 Å². The number of likely N-dealkylation sites (tertiary alicyclic amines) is 1. The molecule has 194 valence electrons. The first kappa shape index (κ1) is 24.6. The van der Waals surface area contributed by atoms with Gasteiger partial charge in [0.1, 0.15) is 22.8 Å². The predicted octanol–water partition coefficient (Wildman–Crippen LogP) is 3.77. The number of H-pyrrole nitrogens is 1. The van der Waals surface area contributed by atoms with Crippen LogP contribution in [-0.2, 0) is 13.0 Å². The third kappa shape index (κ3) is 4.93. The van der Waals surface area contributed by atoms with E-state index in [0.29, 0.717) is 28.1 Å². The number of pyridine rings is 1. The van der Waals surface area contributed by atoms with E-state index in [0.717, 1.165) is 77.8 Å². The van der Waals surface area contributed by atoms with Gasteiger partial charge >= 0.3 is 0 Å². The molecule has 4 aromatic heterocycles. The van der Waals surface area contributed by atoms with Gasteiger partial charge < -0.3 is 21.4 Å². The van der Waals surface area contributed by atoms with Crippen LogP contribution in [0.1, 0.15) is 44.1 Å². The Morgan fingerprint density at radius 2 is 1.97 bits per heavy atom. The second kappa shape index (κ2) is 10.2. The summed E-state index contributed by atoms with van der Waals surface area (Å²) in [5.41, 5.74) is 15.5. The van der Waals surface area contributed by atoms with E-state index < -0.39 is 0 Å². The summed E-state index contributed by atoms with van der Waals surface area (Å²) >= 11 is 8.18. The second-order valence-electron chi connectivity index (χ2n) is 9.82. The number of aromatic nitrogens is 6. The molecule has 37 heavy (non-hydrogen) atoms. The highest BCUT2D eigenvalue weighted by Gasteiger charge is 2.26. The molecule has 0 aromatic carbocycles. The van der Waals surface area contributed by atoms with Gasteiger partial charge in [0.05, 0.1) is 22.5 Å². The van der Waals surface area contributed by atoms with Crippen LogP contribution >= 0.6 is 23.4 Å². The normalized spacial score (nSPS) is 18.9. The lowest BCUT2D eigenvalue weighted by molar-refractivity contribution is 0.216. The zero-order valence-corrected chi connectivity index (χ0v) is 22.4. The molecule has 0 aliphatic carbocycles. The summed E-state index contributed by atoms with van der Waals surface area (Å²) in [6, 6.07) is 2.11. The first-order valence-corrected chi connectivity index (χ1v) is 14.1. The summed E-state index contributed by atoms with van der Waals surface area (Å²) in [5.74, 6) is 1.96. The van der Waals surface area contributed by atoms with Crippen LogP contribution in [0, 0.1) is 0 Å². The maximum absolute atomic E-state index is 6.74. The Balaban J connectivity index is 1.34. The molecule has 4 aromatic rings. The van der Waals surface area contributed by atoms with Crippen LogP contribution in [0.3, 0.4) is 0 Å². The Labute approximate surface area is 224 Å². The lowest BCUT2D eigenvalue weighted by Gasteiger charge is -2.25. The first-order valence-electron chi connectivity index (χ1n) is 12.9. The molecule has 12 heteroatoms. The van der Waals surface area contributed by atoms with Crippen LogP contribution in [0.15, 0.2) is 22.3 Å². The summed E-state index contributed by atoms with van der Waals surface area (Å²) in [6.45, 7) is 6.50. The standard InChI is InChI=1S/C25H31ClN10S/c1-2-16-20(26)19-23(31-16)33-25(34-24(19)36-9-6-14(27)12-36)37-15-10-17-21(29-11-15)22(28)32-18(30-17)13-35-7-4-3-5-8-35/h10-11,14H,2-9,12-13,27H2,1H3,(H2,28,30,32)(H,31,33,34)/t14-/m1/s1. The molecule has 5 N–H and O–H groups in total. The Kier molecular flexibility index (Phi) is 6.78. The van der Waals surface area contributed by atoms with E-state index in [4.69, 9.17) is 38.0 Å². The lowest BCUT2D eigenvalue weighted by atomic mass is 10.1. The number of nitrogens with zero attached hydrogens (tertiary/aromatic N) is 7. The van der Waals surface area contributed by atoms with Crippen molar-refractivity contribution in [1.29, 1.82) is 0 Å². The number of nitrogens with one attached hydrogen (secondary N) is 1. The van der Waals surface area contributed by atoms with Gasteiger partial charge in [0.15, 0.2) is 11.0 Å². The highest BCUT2D eigenvalue weighted by molar-refractivity contribution is 7.99. The van der Waals surface area contributed by atoms with Crippen molar-refractivity contribution in [3.8, 4) is 0 Å². The molecule has 0 spiro atoms. The molecule has 0 bridgehead atoms. The van der Waals surface area contributed by atoms with Crippen molar-refractivity contribution >= 4 is 57.1 Å². The summed E-state index contributed by atoms with van der Waals surface area (Å²) < 4.78 is 0. The van der Waals surface area contributed by atoms with Crippen molar-refractivity contribution in [2.45, 2.75) is 61.7 Å². The van der Waals surface area contributed by atoms with Gasteiger partial charge in [-0.15, -0.1) is 0 Å². The number of anilines is 2. The molecule has 0 unspecified atom stereocenters. The molecule has 0 amide bonds. The van der Waals surface area contributed by atoms with Crippen LogP contribution in [0.25, 0.3) is 22.1 Å². The number of nitrogens with two attached hydrogens (primary N) is 2. The molecule has 6 heterocycles.